The number of carbonyl (C=O) groups is 8. The molecule has 9 heteroatoms. The normalized spacial score (nSPS) is 6.66. The SMILES string of the molecule is C=O.C=O.C=O.C=O.C=O.C=O.C=O.C=O.c1cc[c]([GeH]([c]2ccccc2)[c]2ccccc2)cc1. The molecule has 188 valence electrons. The molecule has 3 aromatic carbocycles. The van der Waals surface area contributed by atoms with Crippen LogP contribution >= 0.6 is 0 Å². The summed E-state index contributed by atoms with van der Waals surface area (Å²) < 4.78 is 4.56. The van der Waals surface area contributed by atoms with Crippen molar-refractivity contribution < 1.29 is 38.4 Å². The second-order valence-corrected chi connectivity index (χ2v) is 10.7. The first-order valence-corrected chi connectivity index (χ1v) is 12.5. The van der Waals surface area contributed by atoms with E-state index in [0.717, 1.165) is 0 Å². The van der Waals surface area contributed by atoms with Crippen molar-refractivity contribution in [1.82, 2.24) is 0 Å². The maximum absolute atomic E-state index is 8.00. The Hall–Kier alpha value is -4.44. The van der Waals surface area contributed by atoms with Crippen molar-refractivity contribution in [2.75, 3.05) is 0 Å². The molecule has 35 heavy (non-hydrogen) atoms. The first kappa shape index (κ1) is 44.3. The van der Waals surface area contributed by atoms with Crippen molar-refractivity contribution in [2.45, 2.75) is 0 Å². The molecular formula is C26H32GeO8. The summed E-state index contributed by atoms with van der Waals surface area (Å²) in [6.45, 7) is 16.0. The summed E-state index contributed by atoms with van der Waals surface area (Å²) in [5, 5.41) is 0. The molecular weight excluding hydrogens is 513 g/mol. The van der Waals surface area contributed by atoms with Crippen molar-refractivity contribution in [1.29, 1.82) is 0 Å². The van der Waals surface area contributed by atoms with Gasteiger partial charge in [-0.05, 0) is 0 Å². The van der Waals surface area contributed by atoms with Gasteiger partial charge in [0.05, 0.1) is 0 Å². The number of hydrogen-bond donors (Lipinski definition) is 0. The third-order valence-electron chi connectivity index (χ3n) is 3.40. The molecule has 0 heterocycles. The van der Waals surface area contributed by atoms with E-state index in [1.807, 2.05) is 54.3 Å². The monoisotopic (exact) mass is 546 g/mol. The van der Waals surface area contributed by atoms with Crippen LogP contribution < -0.4 is 13.2 Å². The quantitative estimate of drug-likeness (QED) is 0.433. The summed E-state index contributed by atoms with van der Waals surface area (Å²) in [5.41, 5.74) is 0. The molecule has 0 unspecified atom stereocenters. The zero-order valence-corrected chi connectivity index (χ0v) is 22.1. The molecule has 0 N–H and O–H groups in total. The van der Waals surface area contributed by atoms with Gasteiger partial charge in [-0.1, -0.05) is 0 Å². The van der Waals surface area contributed by atoms with Gasteiger partial charge in [0.2, 0.25) is 0 Å². The molecule has 0 amide bonds. The predicted molar refractivity (Wildman–Crippen MR) is 142 cm³/mol. The Labute approximate surface area is 211 Å². The summed E-state index contributed by atoms with van der Waals surface area (Å²) in [5.74, 6) is 0. The van der Waals surface area contributed by atoms with Crippen molar-refractivity contribution >= 4 is 81.8 Å². The molecule has 0 aliphatic rings. The van der Waals surface area contributed by atoms with E-state index in [-0.39, 0.29) is 0 Å². The van der Waals surface area contributed by atoms with Crippen LogP contribution in [-0.4, -0.2) is 68.7 Å². The zero-order chi connectivity index (χ0) is 28.9. The van der Waals surface area contributed by atoms with Crippen LogP contribution in [0, 0.1) is 0 Å². The molecule has 0 saturated carbocycles. The number of benzene rings is 3. The average molecular weight is 545 g/mol. The number of hydrogen-bond acceptors (Lipinski definition) is 8. The Morgan fingerprint density at radius 3 is 0.571 bits per heavy atom. The summed E-state index contributed by atoms with van der Waals surface area (Å²) in [7, 11) is 0. The third kappa shape index (κ3) is 22.5. The summed E-state index contributed by atoms with van der Waals surface area (Å²) in [4.78, 5) is 64.0. The topological polar surface area (TPSA) is 137 Å². The van der Waals surface area contributed by atoms with E-state index in [0.29, 0.717) is 0 Å². The molecule has 0 aliphatic carbocycles. The van der Waals surface area contributed by atoms with Gasteiger partial charge >= 0.3 is 119 Å². The van der Waals surface area contributed by atoms with Crippen LogP contribution in [0.1, 0.15) is 0 Å². The van der Waals surface area contributed by atoms with E-state index < -0.39 is 14.3 Å². The van der Waals surface area contributed by atoms with Gasteiger partial charge in [0.1, 0.15) is 54.3 Å². The van der Waals surface area contributed by atoms with E-state index in [1.165, 1.54) is 13.2 Å². The van der Waals surface area contributed by atoms with Crippen LogP contribution in [-0.2, 0) is 38.4 Å². The maximum atomic E-state index is 8.00. The number of carbonyl (C=O) groups excluding carboxylic acids is 8. The van der Waals surface area contributed by atoms with Crippen LogP contribution in [0.5, 0.6) is 0 Å². The molecule has 3 aromatic rings. The fourth-order valence-corrected chi connectivity index (χ4v) is 8.76. The molecule has 0 radical (unpaired) electrons. The van der Waals surface area contributed by atoms with Crippen LogP contribution in [0.4, 0.5) is 0 Å². The first-order chi connectivity index (χ1) is 17.4. The Balaban J connectivity index is -0.000000113. The zero-order valence-electron chi connectivity index (χ0n) is 19.7. The summed E-state index contributed by atoms with van der Waals surface area (Å²) in [6, 6.07) is 32.9. The second-order valence-electron chi connectivity index (χ2n) is 4.67. The van der Waals surface area contributed by atoms with Gasteiger partial charge in [-0.3, -0.25) is 0 Å². The van der Waals surface area contributed by atoms with E-state index in [9.17, 15) is 0 Å². The fraction of sp³-hybridized carbons (Fsp3) is 0. The van der Waals surface area contributed by atoms with E-state index >= 15 is 0 Å². The van der Waals surface area contributed by atoms with Gasteiger partial charge in [0.25, 0.3) is 0 Å². The Morgan fingerprint density at radius 1 is 0.286 bits per heavy atom. The Bertz CT molecular complexity index is 646. The summed E-state index contributed by atoms with van der Waals surface area (Å²) in [6.07, 6.45) is 0. The van der Waals surface area contributed by atoms with Crippen LogP contribution in [0.25, 0.3) is 0 Å². The van der Waals surface area contributed by atoms with Crippen LogP contribution in [0.2, 0.25) is 0 Å². The average Bonchev–Trinajstić information content (AvgIpc) is 3.03. The Morgan fingerprint density at radius 2 is 0.429 bits per heavy atom. The molecule has 0 atom stereocenters. The van der Waals surface area contributed by atoms with Gasteiger partial charge in [0, 0.05) is 0 Å². The molecule has 0 fully saturated rings. The minimum absolute atomic E-state index is 1.52. The van der Waals surface area contributed by atoms with Crippen molar-refractivity contribution in [3.8, 4) is 0 Å². The molecule has 0 bridgehead atoms. The van der Waals surface area contributed by atoms with E-state index in [4.69, 9.17) is 38.4 Å². The van der Waals surface area contributed by atoms with Gasteiger partial charge in [0.15, 0.2) is 0 Å². The fourth-order valence-electron chi connectivity index (χ4n) is 2.51. The predicted octanol–water partition coefficient (Wildman–Crippen LogP) is 0.456. The van der Waals surface area contributed by atoms with Crippen molar-refractivity contribution in [2.24, 2.45) is 0 Å². The van der Waals surface area contributed by atoms with Gasteiger partial charge < -0.3 is 38.4 Å². The molecule has 8 nitrogen and oxygen atoms in total. The van der Waals surface area contributed by atoms with Crippen molar-refractivity contribution in [3.63, 3.8) is 0 Å². The van der Waals surface area contributed by atoms with E-state index in [2.05, 4.69) is 91.0 Å². The Kier molecular flexibility index (Phi) is 59.9. The van der Waals surface area contributed by atoms with Gasteiger partial charge in [-0.2, -0.15) is 0 Å². The van der Waals surface area contributed by atoms with E-state index in [1.54, 1.807) is 0 Å². The number of rotatable bonds is 3. The molecule has 0 aliphatic heterocycles. The van der Waals surface area contributed by atoms with Gasteiger partial charge in [-0.25, -0.2) is 0 Å². The molecule has 0 saturated heterocycles. The van der Waals surface area contributed by atoms with Crippen LogP contribution in [0.3, 0.4) is 0 Å². The summed E-state index contributed by atoms with van der Waals surface area (Å²) >= 11 is -1.87. The first-order valence-electron chi connectivity index (χ1n) is 8.91. The minimum atomic E-state index is -1.87. The molecule has 3 rings (SSSR count). The molecule has 0 aromatic heterocycles. The second kappa shape index (κ2) is 47.4. The van der Waals surface area contributed by atoms with Crippen molar-refractivity contribution in [3.05, 3.63) is 91.0 Å². The van der Waals surface area contributed by atoms with Crippen LogP contribution in [0.15, 0.2) is 91.0 Å². The standard InChI is InChI=1S/C18H16Ge.8CH2O/c1-4-10-16(11-5-1)19(17-12-6-2-7-13-17)18-14-8-3-9-15-18;8*1-2/h1-15,19H;8*1H2. The third-order valence-corrected chi connectivity index (χ3v) is 10.0. The van der Waals surface area contributed by atoms with Gasteiger partial charge in [-0.15, -0.1) is 0 Å². The molecule has 0 spiro atoms.